The molecule has 2 rings (SSSR count). The number of ether oxygens (including phenoxy) is 1. The topological polar surface area (TPSA) is 84.4 Å². The van der Waals surface area contributed by atoms with Crippen LogP contribution in [0.3, 0.4) is 0 Å². The van der Waals surface area contributed by atoms with Crippen molar-refractivity contribution in [3.63, 3.8) is 0 Å². The Morgan fingerprint density at radius 1 is 1.39 bits per heavy atom. The van der Waals surface area contributed by atoms with Crippen LogP contribution >= 0.6 is 11.6 Å². The monoisotopic (exact) mass is 270 g/mol. The molecule has 18 heavy (non-hydrogen) atoms. The lowest BCUT2D eigenvalue weighted by Crippen LogP contribution is -2.51. The Kier molecular flexibility index (Phi) is 3.73. The van der Waals surface area contributed by atoms with Crippen molar-refractivity contribution in [1.29, 1.82) is 0 Å². The highest BCUT2D eigenvalue weighted by Crippen LogP contribution is 2.17. The van der Waals surface area contributed by atoms with Gasteiger partial charge in [0.15, 0.2) is 5.82 Å². The summed E-state index contributed by atoms with van der Waals surface area (Å²) in [6, 6.07) is 1.51. The third-order valence-corrected chi connectivity index (χ3v) is 2.47. The summed E-state index contributed by atoms with van der Waals surface area (Å²) in [5.74, 6) is 0.104. The van der Waals surface area contributed by atoms with E-state index in [1.54, 1.807) is 0 Å². The molecule has 1 aromatic rings. The molecule has 0 atom stereocenters. The quantitative estimate of drug-likeness (QED) is 0.602. The highest BCUT2D eigenvalue weighted by Gasteiger charge is 2.24. The first-order chi connectivity index (χ1) is 8.58. The maximum Gasteiger partial charge on any atom is 0.246 e. The molecule has 2 heterocycles. The molecular weight excluding hydrogens is 260 g/mol. The molecule has 0 radical (unpaired) electrons. The summed E-state index contributed by atoms with van der Waals surface area (Å²) >= 11 is 5.86. The van der Waals surface area contributed by atoms with Gasteiger partial charge in [-0.05, 0) is 0 Å². The molecule has 1 N–H and O–H groups in total. The van der Waals surface area contributed by atoms with Crippen molar-refractivity contribution < 1.29 is 14.3 Å². The summed E-state index contributed by atoms with van der Waals surface area (Å²) in [5.41, 5.74) is 0. The number of amides is 2. The lowest BCUT2D eigenvalue weighted by atomic mass is 10.3. The average Bonchev–Trinajstić information content (AvgIpc) is 2.27. The predicted octanol–water partition coefficient (Wildman–Crippen LogP) is -0.261. The number of piperazine rings is 1. The number of aromatic nitrogens is 2. The summed E-state index contributed by atoms with van der Waals surface area (Å²) in [5, 5.41) is 2.45. The van der Waals surface area contributed by atoms with Crippen molar-refractivity contribution in [3.05, 3.63) is 17.0 Å². The van der Waals surface area contributed by atoms with Crippen LogP contribution in [0.25, 0.3) is 0 Å². The average molecular weight is 271 g/mol. The maximum atomic E-state index is 11.3. The summed E-state index contributed by atoms with van der Waals surface area (Å²) < 4.78 is 4.92. The lowest BCUT2D eigenvalue weighted by molar-refractivity contribution is -0.130. The van der Waals surface area contributed by atoms with Gasteiger partial charge < -0.3 is 9.64 Å². The van der Waals surface area contributed by atoms with Crippen molar-refractivity contribution in [3.8, 4) is 0 Å². The lowest BCUT2D eigenvalue weighted by Gasteiger charge is -2.26. The van der Waals surface area contributed by atoms with Crippen molar-refractivity contribution in [2.45, 2.75) is 6.61 Å². The van der Waals surface area contributed by atoms with Gasteiger partial charge in [-0.2, -0.15) is 0 Å². The van der Waals surface area contributed by atoms with Crippen LogP contribution in [0.1, 0.15) is 5.82 Å². The van der Waals surface area contributed by atoms with Crippen molar-refractivity contribution in [1.82, 2.24) is 15.3 Å². The van der Waals surface area contributed by atoms with Gasteiger partial charge in [0, 0.05) is 13.2 Å². The van der Waals surface area contributed by atoms with Crippen LogP contribution < -0.4 is 10.2 Å². The van der Waals surface area contributed by atoms with Gasteiger partial charge in [-0.1, -0.05) is 11.6 Å². The molecule has 8 heteroatoms. The molecule has 1 aromatic heterocycles. The van der Waals surface area contributed by atoms with Crippen LogP contribution in [0.4, 0.5) is 5.82 Å². The summed E-state index contributed by atoms with van der Waals surface area (Å²) in [6.07, 6.45) is 0. The van der Waals surface area contributed by atoms with Crippen LogP contribution in [0.15, 0.2) is 6.07 Å². The molecule has 1 aliphatic heterocycles. The van der Waals surface area contributed by atoms with Crippen LogP contribution in [-0.2, 0) is 20.9 Å². The van der Waals surface area contributed by atoms with Gasteiger partial charge in [-0.15, -0.1) is 0 Å². The van der Waals surface area contributed by atoms with E-state index >= 15 is 0 Å². The Labute approximate surface area is 108 Å². The fraction of sp³-hybridized carbons (Fsp3) is 0.400. The van der Waals surface area contributed by atoms with E-state index in [4.69, 9.17) is 16.3 Å². The minimum absolute atomic E-state index is 0.0610. The number of rotatable bonds is 3. The number of halogens is 1. The molecule has 7 nitrogen and oxygen atoms in total. The van der Waals surface area contributed by atoms with E-state index < -0.39 is 0 Å². The third-order valence-electron chi connectivity index (χ3n) is 2.27. The van der Waals surface area contributed by atoms with Crippen LogP contribution in [0.2, 0.25) is 5.15 Å². The Hall–Kier alpha value is -1.73. The van der Waals surface area contributed by atoms with E-state index in [1.807, 2.05) is 0 Å². The Morgan fingerprint density at radius 3 is 2.67 bits per heavy atom. The number of carbonyl (C=O) groups excluding carboxylic acids is 2. The fourth-order valence-electron chi connectivity index (χ4n) is 1.61. The number of nitrogens with one attached hydrogen (secondary N) is 1. The zero-order valence-corrected chi connectivity index (χ0v) is 10.4. The van der Waals surface area contributed by atoms with Gasteiger partial charge in [0.2, 0.25) is 11.8 Å². The molecule has 0 aliphatic carbocycles. The van der Waals surface area contributed by atoms with Gasteiger partial charge in [-0.25, -0.2) is 9.97 Å². The summed E-state index contributed by atoms with van der Waals surface area (Å²) in [4.78, 5) is 32.3. The Balaban J connectivity index is 2.26. The van der Waals surface area contributed by atoms with Crippen molar-refractivity contribution in [2.24, 2.45) is 0 Å². The van der Waals surface area contributed by atoms with Crippen molar-refractivity contribution in [2.75, 3.05) is 25.1 Å². The molecule has 1 fully saturated rings. The zero-order valence-electron chi connectivity index (χ0n) is 9.64. The van der Waals surface area contributed by atoms with Crippen LogP contribution in [0, 0.1) is 0 Å². The van der Waals surface area contributed by atoms with Crippen molar-refractivity contribution >= 4 is 29.2 Å². The van der Waals surface area contributed by atoms with E-state index in [9.17, 15) is 9.59 Å². The highest BCUT2D eigenvalue weighted by molar-refractivity contribution is 6.29. The van der Waals surface area contributed by atoms with E-state index in [0.717, 1.165) is 0 Å². The first kappa shape index (κ1) is 12.7. The summed E-state index contributed by atoms with van der Waals surface area (Å²) in [7, 11) is 1.52. The molecule has 0 unspecified atom stereocenters. The van der Waals surface area contributed by atoms with E-state index in [1.165, 1.54) is 18.1 Å². The largest absolute Gasteiger partial charge is 0.377 e. The van der Waals surface area contributed by atoms with E-state index in [2.05, 4.69) is 15.3 Å². The molecule has 2 amide bonds. The van der Waals surface area contributed by atoms with Gasteiger partial charge in [0.1, 0.15) is 17.6 Å². The standard InChI is InChI=1S/C10H11ClN4O3/c1-18-5-7-12-6(11)2-8(13-7)15-3-9(16)14-10(17)4-15/h2H,3-5H2,1H3,(H,14,16,17). The first-order valence-corrected chi connectivity index (χ1v) is 5.56. The zero-order chi connectivity index (χ0) is 13.1. The highest BCUT2D eigenvalue weighted by atomic mass is 35.5. The number of methoxy groups -OCH3 is 1. The predicted molar refractivity (Wildman–Crippen MR) is 63.1 cm³/mol. The summed E-state index contributed by atoms with van der Waals surface area (Å²) in [6.45, 7) is 0.332. The van der Waals surface area contributed by atoms with Gasteiger partial charge in [-0.3, -0.25) is 14.9 Å². The second kappa shape index (κ2) is 5.28. The minimum Gasteiger partial charge on any atom is -0.377 e. The van der Waals surface area contributed by atoms with E-state index in [0.29, 0.717) is 11.6 Å². The van der Waals surface area contributed by atoms with Gasteiger partial charge >= 0.3 is 0 Å². The Bertz CT molecular complexity index is 478. The number of carbonyl (C=O) groups is 2. The third kappa shape index (κ3) is 2.93. The molecule has 1 aliphatic rings. The first-order valence-electron chi connectivity index (χ1n) is 5.18. The number of hydrogen-bond acceptors (Lipinski definition) is 6. The van der Waals surface area contributed by atoms with E-state index in [-0.39, 0.29) is 36.7 Å². The number of anilines is 1. The molecule has 1 saturated heterocycles. The Morgan fingerprint density at radius 2 is 2.06 bits per heavy atom. The molecule has 0 spiro atoms. The molecule has 96 valence electrons. The van der Waals surface area contributed by atoms with Crippen LogP contribution in [-0.4, -0.2) is 42.0 Å². The molecule has 0 aromatic carbocycles. The molecule has 0 bridgehead atoms. The smallest absolute Gasteiger partial charge is 0.246 e. The normalized spacial score (nSPS) is 15.8. The van der Waals surface area contributed by atoms with Gasteiger partial charge in [0.05, 0.1) is 13.1 Å². The second-order valence-corrected chi connectivity index (χ2v) is 4.11. The fourth-order valence-corrected chi connectivity index (χ4v) is 1.80. The number of hydrogen-bond donors (Lipinski definition) is 1. The van der Waals surface area contributed by atoms with Crippen LogP contribution in [0.5, 0.6) is 0 Å². The number of imide groups is 1. The molecular formula is C10H11ClN4O3. The second-order valence-electron chi connectivity index (χ2n) is 3.73. The maximum absolute atomic E-state index is 11.3. The number of nitrogens with zero attached hydrogens (tertiary/aromatic N) is 3. The van der Waals surface area contributed by atoms with Gasteiger partial charge in [0.25, 0.3) is 0 Å². The SMILES string of the molecule is COCc1nc(Cl)cc(N2CC(=O)NC(=O)C2)n1. The molecule has 0 saturated carbocycles. The minimum atomic E-state index is -0.366.